The van der Waals surface area contributed by atoms with Crippen LogP contribution >= 0.6 is 34.8 Å². The Morgan fingerprint density at radius 2 is 2.00 bits per heavy atom. The highest BCUT2D eigenvalue weighted by Gasteiger charge is 2.50. The van der Waals surface area contributed by atoms with Crippen LogP contribution in [0.5, 0.6) is 0 Å². The van der Waals surface area contributed by atoms with Gasteiger partial charge in [0, 0.05) is 12.7 Å². The molecule has 3 rings (SSSR count). The van der Waals surface area contributed by atoms with Crippen molar-refractivity contribution in [3.8, 4) is 0 Å². The van der Waals surface area contributed by atoms with Crippen molar-refractivity contribution in [2.45, 2.75) is 40.7 Å². The van der Waals surface area contributed by atoms with E-state index < -0.39 is 53.4 Å². The molecule has 28 heavy (non-hydrogen) atoms. The standard InChI is InChI=1S/C17H20Cl3NO7/c1-24-15-11(21-16(23)26-8-17(18,19)20)12(22)13-10(27-15)7-25-14(28-13)9-5-3-2-4-6-9/h2-6,10-15,22H,7-8H2,1H3,(H,21,23)/t10?,11?,12-,13-,14?,15+/m1/s1. The Balaban J connectivity index is 1.67. The summed E-state index contributed by atoms with van der Waals surface area (Å²) in [4.78, 5) is 12.0. The van der Waals surface area contributed by atoms with Gasteiger partial charge in [-0.3, -0.25) is 0 Å². The van der Waals surface area contributed by atoms with Gasteiger partial charge in [0.05, 0.1) is 6.61 Å². The predicted molar refractivity (Wildman–Crippen MR) is 100 cm³/mol. The van der Waals surface area contributed by atoms with Crippen LogP contribution in [0.25, 0.3) is 0 Å². The molecule has 11 heteroatoms. The number of carbonyl (C=O) groups excluding carboxylic acids is 1. The largest absolute Gasteiger partial charge is 0.445 e. The molecular formula is C17H20Cl3NO7. The lowest BCUT2D eigenvalue weighted by atomic mass is 9.96. The Bertz CT molecular complexity index is 660. The number of aliphatic hydroxyl groups is 1. The molecule has 1 amide bonds. The Labute approximate surface area is 176 Å². The molecule has 0 aliphatic carbocycles. The Morgan fingerprint density at radius 3 is 2.64 bits per heavy atom. The maximum absolute atomic E-state index is 12.0. The van der Waals surface area contributed by atoms with E-state index in [-0.39, 0.29) is 6.61 Å². The fourth-order valence-corrected chi connectivity index (χ4v) is 3.22. The summed E-state index contributed by atoms with van der Waals surface area (Å²) < 4.78 is 25.7. The van der Waals surface area contributed by atoms with Crippen LogP contribution in [0, 0.1) is 0 Å². The lowest BCUT2D eigenvalue weighted by Crippen LogP contribution is -2.66. The second kappa shape index (κ2) is 9.32. The fourth-order valence-electron chi connectivity index (χ4n) is 3.05. The van der Waals surface area contributed by atoms with Crippen LogP contribution < -0.4 is 5.32 Å². The van der Waals surface area contributed by atoms with Crippen molar-refractivity contribution in [1.29, 1.82) is 0 Å². The van der Waals surface area contributed by atoms with Crippen molar-refractivity contribution in [2.24, 2.45) is 0 Å². The first-order valence-electron chi connectivity index (χ1n) is 8.47. The van der Waals surface area contributed by atoms with Crippen LogP contribution in [0.3, 0.4) is 0 Å². The molecule has 2 aliphatic heterocycles. The van der Waals surface area contributed by atoms with Crippen LogP contribution in [0.4, 0.5) is 4.79 Å². The summed E-state index contributed by atoms with van der Waals surface area (Å²) in [6, 6.07) is 8.32. The van der Waals surface area contributed by atoms with Crippen molar-refractivity contribution in [1.82, 2.24) is 5.32 Å². The topological polar surface area (TPSA) is 95.5 Å². The molecule has 2 N–H and O–H groups in total. The zero-order valence-corrected chi connectivity index (χ0v) is 17.1. The molecule has 156 valence electrons. The number of benzene rings is 1. The average Bonchev–Trinajstić information content (AvgIpc) is 2.68. The number of alkyl halides is 3. The molecule has 0 saturated carbocycles. The van der Waals surface area contributed by atoms with Gasteiger partial charge in [-0.05, 0) is 0 Å². The Hall–Kier alpha value is -0.840. The summed E-state index contributed by atoms with van der Waals surface area (Å²) in [5.74, 6) is 0. The van der Waals surface area contributed by atoms with Gasteiger partial charge in [0.1, 0.15) is 31.0 Å². The highest BCUT2D eigenvalue weighted by Crippen LogP contribution is 2.34. The molecule has 2 aliphatic rings. The van der Waals surface area contributed by atoms with Crippen molar-refractivity contribution < 1.29 is 33.6 Å². The number of alkyl carbamates (subject to hydrolysis) is 1. The predicted octanol–water partition coefficient (Wildman–Crippen LogP) is 2.30. The minimum Gasteiger partial charge on any atom is -0.445 e. The van der Waals surface area contributed by atoms with E-state index in [1.54, 1.807) is 0 Å². The van der Waals surface area contributed by atoms with Crippen molar-refractivity contribution >= 4 is 40.9 Å². The third kappa shape index (κ3) is 5.40. The summed E-state index contributed by atoms with van der Waals surface area (Å²) in [5, 5.41) is 13.3. The van der Waals surface area contributed by atoms with Gasteiger partial charge >= 0.3 is 6.09 Å². The first-order valence-corrected chi connectivity index (χ1v) is 9.60. The molecule has 3 unspecified atom stereocenters. The summed E-state index contributed by atoms with van der Waals surface area (Å²) in [5.41, 5.74) is 0.800. The summed E-state index contributed by atoms with van der Waals surface area (Å²) in [6.45, 7) is -0.275. The normalized spacial score (nSPS) is 33.0. The fraction of sp³-hybridized carbons (Fsp3) is 0.588. The maximum atomic E-state index is 12.0. The van der Waals surface area contributed by atoms with E-state index in [1.165, 1.54) is 7.11 Å². The van der Waals surface area contributed by atoms with Gasteiger partial charge in [-0.15, -0.1) is 0 Å². The van der Waals surface area contributed by atoms with E-state index in [4.69, 9.17) is 58.5 Å². The number of aliphatic hydroxyl groups excluding tert-OH is 1. The molecule has 0 aromatic heterocycles. The molecule has 2 saturated heterocycles. The minimum absolute atomic E-state index is 0.186. The first-order chi connectivity index (χ1) is 13.3. The molecule has 8 nitrogen and oxygen atoms in total. The third-order valence-corrected chi connectivity index (χ3v) is 4.65. The average molecular weight is 457 g/mol. The quantitative estimate of drug-likeness (QED) is 0.671. The van der Waals surface area contributed by atoms with Crippen LogP contribution in [0.1, 0.15) is 11.9 Å². The van der Waals surface area contributed by atoms with Crippen molar-refractivity contribution in [3.63, 3.8) is 0 Å². The van der Waals surface area contributed by atoms with Gasteiger partial charge in [0.25, 0.3) is 0 Å². The van der Waals surface area contributed by atoms with E-state index in [9.17, 15) is 9.90 Å². The lowest BCUT2D eigenvalue weighted by Gasteiger charge is -2.47. The zero-order chi connectivity index (χ0) is 20.3. The van der Waals surface area contributed by atoms with Crippen molar-refractivity contribution in [3.05, 3.63) is 35.9 Å². The van der Waals surface area contributed by atoms with Gasteiger partial charge in [-0.25, -0.2) is 4.79 Å². The molecule has 2 fully saturated rings. The highest BCUT2D eigenvalue weighted by atomic mass is 35.6. The van der Waals surface area contributed by atoms with Gasteiger partial charge in [0.15, 0.2) is 12.6 Å². The van der Waals surface area contributed by atoms with E-state index in [0.717, 1.165) is 5.56 Å². The second-order valence-corrected chi connectivity index (χ2v) is 8.82. The summed E-state index contributed by atoms with van der Waals surface area (Å²) in [6.07, 6.45) is -5.00. The number of rotatable bonds is 4. The molecule has 1 aromatic rings. The Morgan fingerprint density at radius 1 is 1.29 bits per heavy atom. The molecule has 0 bridgehead atoms. The van der Waals surface area contributed by atoms with E-state index in [1.807, 2.05) is 30.3 Å². The molecule has 0 spiro atoms. The molecule has 2 heterocycles. The highest BCUT2D eigenvalue weighted by molar-refractivity contribution is 6.67. The number of halogens is 3. The number of methoxy groups -OCH3 is 1. The number of hydrogen-bond acceptors (Lipinski definition) is 7. The summed E-state index contributed by atoms with van der Waals surface area (Å²) >= 11 is 16.7. The van der Waals surface area contributed by atoms with E-state index >= 15 is 0 Å². The number of amides is 1. The van der Waals surface area contributed by atoms with E-state index in [2.05, 4.69) is 5.32 Å². The number of nitrogens with one attached hydrogen (secondary N) is 1. The number of hydrogen-bond donors (Lipinski definition) is 2. The Kier molecular flexibility index (Phi) is 7.27. The van der Waals surface area contributed by atoms with E-state index in [0.29, 0.717) is 0 Å². The van der Waals surface area contributed by atoms with Gasteiger partial charge in [-0.2, -0.15) is 0 Å². The minimum atomic E-state index is -1.75. The third-order valence-electron chi connectivity index (χ3n) is 4.32. The smallest absolute Gasteiger partial charge is 0.407 e. The van der Waals surface area contributed by atoms with Crippen LogP contribution in [0.2, 0.25) is 0 Å². The van der Waals surface area contributed by atoms with Gasteiger partial charge in [-0.1, -0.05) is 65.1 Å². The number of fused-ring (bicyclic) bond motifs is 1. The zero-order valence-electron chi connectivity index (χ0n) is 14.8. The molecular weight excluding hydrogens is 437 g/mol. The first kappa shape index (κ1) is 21.9. The van der Waals surface area contributed by atoms with Crippen LogP contribution in [-0.4, -0.2) is 66.0 Å². The molecule has 6 atom stereocenters. The monoisotopic (exact) mass is 455 g/mol. The SMILES string of the molecule is CO[C@H]1OC2COC(c3ccccc3)O[C@H]2[C@H](O)C1NC(=O)OCC(Cl)(Cl)Cl. The van der Waals surface area contributed by atoms with Crippen LogP contribution in [0.15, 0.2) is 30.3 Å². The molecule has 1 aromatic carbocycles. The summed E-state index contributed by atoms with van der Waals surface area (Å²) in [7, 11) is 1.39. The number of ether oxygens (including phenoxy) is 5. The number of carbonyl (C=O) groups is 1. The van der Waals surface area contributed by atoms with Crippen LogP contribution in [-0.2, 0) is 23.7 Å². The molecule has 0 radical (unpaired) electrons. The van der Waals surface area contributed by atoms with Gasteiger partial charge in [0.2, 0.25) is 3.79 Å². The maximum Gasteiger partial charge on any atom is 0.407 e. The lowest BCUT2D eigenvalue weighted by molar-refractivity contribution is -0.341. The van der Waals surface area contributed by atoms with Gasteiger partial charge < -0.3 is 34.1 Å². The van der Waals surface area contributed by atoms with Crippen molar-refractivity contribution in [2.75, 3.05) is 20.3 Å². The second-order valence-electron chi connectivity index (χ2n) is 6.31.